The molecule has 3 atom stereocenters. The van der Waals surface area contributed by atoms with E-state index in [9.17, 15) is 8.78 Å². The third-order valence-electron chi connectivity index (χ3n) is 4.74. The van der Waals surface area contributed by atoms with Gasteiger partial charge in [0.2, 0.25) is 0 Å². The lowest BCUT2D eigenvalue weighted by molar-refractivity contribution is 0.493. The number of halogens is 2. The first-order valence-corrected chi connectivity index (χ1v) is 8.04. The molecule has 0 saturated carbocycles. The van der Waals surface area contributed by atoms with E-state index < -0.39 is 11.6 Å². The SMILES string of the molecule is Fc1ccc(F)c(C#Cc2ccc(C3CN[C@@H]4C=CC[C@H]34)nc2)c1. The molecule has 1 unspecified atom stereocenters. The van der Waals surface area contributed by atoms with E-state index in [-0.39, 0.29) is 5.56 Å². The first kappa shape index (κ1) is 15.0. The number of nitrogens with one attached hydrogen (secondary N) is 1. The van der Waals surface area contributed by atoms with E-state index in [1.54, 1.807) is 6.20 Å². The lowest BCUT2D eigenvalue weighted by Gasteiger charge is -2.16. The largest absolute Gasteiger partial charge is 0.310 e. The van der Waals surface area contributed by atoms with E-state index in [4.69, 9.17) is 0 Å². The summed E-state index contributed by atoms with van der Waals surface area (Å²) in [4.78, 5) is 4.54. The van der Waals surface area contributed by atoms with Gasteiger partial charge in [-0.2, -0.15) is 0 Å². The summed E-state index contributed by atoms with van der Waals surface area (Å²) in [6.45, 7) is 0.937. The molecule has 1 aliphatic carbocycles. The standard InChI is InChI=1S/C20H16F2N2/c21-15-7-8-18(22)14(10-15)6-4-13-5-9-20(23-11-13)17-12-24-19-3-1-2-16(17)19/h1,3,5,7-11,16-17,19,24H,2,12H2/t16-,17?,19-/m1/s1. The van der Waals surface area contributed by atoms with Gasteiger partial charge in [-0.3, -0.25) is 4.98 Å². The monoisotopic (exact) mass is 322 g/mol. The van der Waals surface area contributed by atoms with Crippen LogP contribution in [0, 0.1) is 29.4 Å². The van der Waals surface area contributed by atoms with Crippen molar-refractivity contribution in [3.8, 4) is 11.8 Å². The van der Waals surface area contributed by atoms with Crippen LogP contribution in [-0.2, 0) is 0 Å². The van der Waals surface area contributed by atoms with Crippen molar-refractivity contribution in [2.45, 2.75) is 18.4 Å². The van der Waals surface area contributed by atoms with E-state index in [2.05, 4.69) is 34.3 Å². The lowest BCUT2D eigenvalue weighted by Crippen LogP contribution is -2.20. The van der Waals surface area contributed by atoms with Crippen LogP contribution in [0.2, 0.25) is 0 Å². The molecule has 4 heteroatoms. The summed E-state index contributed by atoms with van der Waals surface area (Å²) in [7, 11) is 0. The summed E-state index contributed by atoms with van der Waals surface area (Å²) in [6.07, 6.45) is 7.25. The minimum absolute atomic E-state index is 0.0546. The van der Waals surface area contributed by atoms with E-state index in [0.29, 0.717) is 23.4 Å². The van der Waals surface area contributed by atoms with Crippen molar-refractivity contribution in [2.24, 2.45) is 5.92 Å². The molecule has 0 amide bonds. The van der Waals surface area contributed by atoms with Crippen LogP contribution >= 0.6 is 0 Å². The van der Waals surface area contributed by atoms with Crippen LogP contribution in [0.1, 0.15) is 29.2 Å². The van der Waals surface area contributed by atoms with Crippen molar-refractivity contribution in [2.75, 3.05) is 6.54 Å². The third-order valence-corrected chi connectivity index (χ3v) is 4.74. The normalized spacial score (nSPS) is 24.5. The van der Waals surface area contributed by atoms with Gasteiger partial charge in [-0.25, -0.2) is 8.78 Å². The predicted octanol–water partition coefficient (Wildman–Crippen LogP) is 3.39. The Labute approximate surface area is 139 Å². The van der Waals surface area contributed by atoms with Crippen molar-refractivity contribution >= 4 is 0 Å². The van der Waals surface area contributed by atoms with Crippen molar-refractivity contribution < 1.29 is 8.78 Å². The summed E-state index contributed by atoms with van der Waals surface area (Å²) in [5.74, 6) is 5.48. The Morgan fingerprint density at radius 2 is 2.04 bits per heavy atom. The zero-order valence-electron chi connectivity index (χ0n) is 13.0. The Morgan fingerprint density at radius 1 is 1.12 bits per heavy atom. The van der Waals surface area contributed by atoms with Gasteiger partial charge >= 0.3 is 0 Å². The van der Waals surface area contributed by atoms with Crippen molar-refractivity contribution in [1.29, 1.82) is 0 Å². The number of aromatic nitrogens is 1. The maximum Gasteiger partial charge on any atom is 0.139 e. The molecule has 2 nitrogen and oxygen atoms in total. The van der Waals surface area contributed by atoms with Crippen LogP contribution in [0.5, 0.6) is 0 Å². The fourth-order valence-corrected chi connectivity index (χ4v) is 3.48. The zero-order chi connectivity index (χ0) is 16.5. The first-order valence-electron chi connectivity index (χ1n) is 8.04. The summed E-state index contributed by atoms with van der Waals surface area (Å²) in [6, 6.07) is 7.60. The van der Waals surface area contributed by atoms with Crippen LogP contribution in [0.4, 0.5) is 8.78 Å². The molecule has 2 heterocycles. The van der Waals surface area contributed by atoms with E-state index in [1.165, 1.54) is 0 Å². The molecule has 0 radical (unpaired) electrons. The number of nitrogens with zero attached hydrogens (tertiary/aromatic N) is 1. The average molecular weight is 322 g/mol. The lowest BCUT2D eigenvalue weighted by atomic mass is 9.89. The summed E-state index contributed by atoms with van der Waals surface area (Å²) in [5.41, 5.74) is 1.80. The number of pyridine rings is 1. The van der Waals surface area contributed by atoms with E-state index in [1.807, 2.05) is 12.1 Å². The Hall–Kier alpha value is -2.51. The molecule has 0 bridgehead atoms. The molecule has 24 heavy (non-hydrogen) atoms. The van der Waals surface area contributed by atoms with Crippen LogP contribution in [-0.4, -0.2) is 17.6 Å². The second-order valence-corrected chi connectivity index (χ2v) is 6.21. The number of hydrogen-bond donors (Lipinski definition) is 1. The molecule has 1 aliphatic heterocycles. The molecule has 1 aromatic heterocycles. The number of benzene rings is 1. The van der Waals surface area contributed by atoms with E-state index >= 15 is 0 Å². The maximum absolute atomic E-state index is 13.6. The van der Waals surface area contributed by atoms with Gasteiger partial charge in [0.05, 0.1) is 5.56 Å². The molecular formula is C20H16F2N2. The second-order valence-electron chi connectivity index (χ2n) is 6.21. The Kier molecular flexibility index (Phi) is 3.87. The minimum Gasteiger partial charge on any atom is -0.310 e. The molecule has 1 N–H and O–H groups in total. The quantitative estimate of drug-likeness (QED) is 0.643. The highest BCUT2D eigenvalue weighted by Crippen LogP contribution is 2.37. The topological polar surface area (TPSA) is 24.9 Å². The number of allylic oxidation sites excluding steroid dienone is 1. The number of hydrogen-bond acceptors (Lipinski definition) is 2. The second kappa shape index (κ2) is 6.18. The zero-order valence-corrected chi connectivity index (χ0v) is 13.0. The molecule has 0 spiro atoms. The van der Waals surface area contributed by atoms with Crippen LogP contribution in [0.15, 0.2) is 48.7 Å². The predicted molar refractivity (Wildman–Crippen MR) is 88.4 cm³/mol. The molecule has 1 aromatic carbocycles. The fourth-order valence-electron chi connectivity index (χ4n) is 3.48. The molecule has 2 aliphatic rings. The number of fused-ring (bicyclic) bond motifs is 1. The van der Waals surface area contributed by atoms with Gasteiger partial charge in [0, 0.05) is 36.0 Å². The molecule has 4 rings (SSSR count). The highest BCUT2D eigenvalue weighted by molar-refractivity contribution is 5.43. The average Bonchev–Trinajstić information content (AvgIpc) is 3.20. The summed E-state index contributed by atoms with van der Waals surface area (Å²) in [5, 5.41) is 3.51. The van der Waals surface area contributed by atoms with Gasteiger partial charge < -0.3 is 5.32 Å². The van der Waals surface area contributed by atoms with Gasteiger partial charge in [-0.05, 0) is 42.7 Å². The van der Waals surface area contributed by atoms with Gasteiger partial charge in [0.25, 0.3) is 0 Å². The minimum atomic E-state index is -0.523. The highest BCUT2D eigenvalue weighted by atomic mass is 19.1. The maximum atomic E-state index is 13.6. The molecule has 2 aromatic rings. The smallest absolute Gasteiger partial charge is 0.139 e. The van der Waals surface area contributed by atoms with Crippen LogP contribution in [0.25, 0.3) is 0 Å². The fraction of sp³-hybridized carbons (Fsp3) is 0.250. The Morgan fingerprint density at radius 3 is 2.88 bits per heavy atom. The molecule has 1 fully saturated rings. The first-order chi connectivity index (χ1) is 11.7. The molecule has 120 valence electrons. The van der Waals surface area contributed by atoms with Gasteiger partial charge in [0.1, 0.15) is 11.6 Å². The Balaban J connectivity index is 1.53. The van der Waals surface area contributed by atoms with Crippen molar-refractivity contribution in [1.82, 2.24) is 10.3 Å². The van der Waals surface area contributed by atoms with Gasteiger partial charge in [0.15, 0.2) is 0 Å². The molecular weight excluding hydrogens is 306 g/mol. The van der Waals surface area contributed by atoms with Crippen LogP contribution < -0.4 is 5.32 Å². The Bertz CT molecular complexity index is 846. The van der Waals surface area contributed by atoms with Gasteiger partial charge in [-0.1, -0.05) is 24.0 Å². The van der Waals surface area contributed by atoms with Crippen molar-refractivity contribution in [3.05, 3.63) is 77.1 Å². The summed E-state index contributed by atoms with van der Waals surface area (Å²) >= 11 is 0. The van der Waals surface area contributed by atoms with Crippen LogP contribution in [0.3, 0.4) is 0 Å². The summed E-state index contributed by atoms with van der Waals surface area (Å²) < 4.78 is 26.7. The molecule has 1 saturated heterocycles. The number of rotatable bonds is 1. The van der Waals surface area contributed by atoms with Crippen molar-refractivity contribution in [3.63, 3.8) is 0 Å². The third kappa shape index (κ3) is 2.83. The highest BCUT2D eigenvalue weighted by Gasteiger charge is 2.37. The van der Waals surface area contributed by atoms with E-state index in [0.717, 1.165) is 36.9 Å². The van der Waals surface area contributed by atoms with Gasteiger partial charge in [-0.15, -0.1) is 0 Å².